The number of carbonyl (C=O) groups excluding carboxylic acids is 1. The third-order valence-electron chi connectivity index (χ3n) is 5.25. The van der Waals surface area contributed by atoms with Crippen molar-refractivity contribution < 1.29 is 27.4 Å². The number of aryl methyl sites for hydroxylation is 1. The lowest BCUT2D eigenvalue weighted by Gasteiger charge is -2.24. The normalized spacial score (nSPS) is 12.9. The number of hydrazone groups is 1. The molecule has 35 heavy (non-hydrogen) atoms. The van der Waals surface area contributed by atoms with Gasteiger partial charge < -0.3 is 14.2 Å². The van der Waals surface area contributed by atoms with Crippen LogP contribution in [0.2, 0.25) is 0 Å². The summed E-state index contributed by atoms with van der Waals surface area (Å²) in [4.78, 5) is 12.8. The minimum Gasteiger partial charge on any atom is -0.497 e. The third kappa shape index (κ3) is 5.55. The highest BCUT2D eigenvalue weighted by Gasteiger charge is 2.27. The highest BCUT2D eigenvalue weighted by Crippen LogP contribution is 2.32. The molecule has 0 saturated carbocycles. The number of rotatable bonds is 8. The summed E-state index contributed by atoms with van der Waals surface area (Å²) in [6.07, 6.45) is 1.43. The molecule has 182 valence electrons. The van der Waals surface area contributed by atoms with Crippen molar-refractivity contribution in [3.05, 3.63) is 77.9 Å². The van der Waals surface area contributed by atoms with Gasteiger partial charge in [0.2, 0.25) is 0 Å². The SMILES string of the molecule is COc1ccc(N(CC(=O)N/N=C/c2cccc3c2OCCO3)S(=O)(=O)c2ccc(C)cc2)cc1. The van der Waals surface area contributed by atoms with Crippen LogP contribution in [0.25, 0.3) is 0 Å². The highest BCUT2D eigenvalue weighted by molar-refractivity contribution is 7.92. The van der Waals surface area contributed by atoms with E-state index in [2.05, 4.69) is 10.5 Å². The molecule has 0 aliphatic carbocycles. The van der Waals surface area contributed by atoms with Crippen LogP contribution in [0, 0.1) is 6.92 Å². The molecule has 10 heteroatoms. The Morgan fingerprint density at radius 3 is 2.49 bits per heavy atom. The summed E-state index contributed by atoms with van der Waals surface area (Å²) >= 11 is 0. The van der Waals surface area contributed by atoms with E-state index in [-0.39, 0.29) is 4.90 Å². The second kappa shape index (κ2) is 10.5. The quantitative estimate of drug-likeness (QED) is 0.380. The number of carbonyl (C=O) groups is 1. The Labute approximate surface area is 204 Å². The number of amides is 1. The molecule has 1 N–H and O–H groups in total. The van der Waals surface area contributed by atoms with E-state index < -0.39 is 22.5 Å². The van der Waals surface area contributed by atoms with Gasteiger partial charge in [0.15, 0.2) is 11.5 Å². The lowest BCUT2D eigenvalue weighted by atomic mass is 10.2. The van der Waals surface area contributed by atoms with Crippen LogP contribution >= 0.6 is 0 Å². The predicted molar refractivity (Wildman–Crippen MR) is 132 cm³/mol. The summed E-state index contributed by atoms with van der Waals surface area (Å²) in [7, 11) is -2.52. The van der Waals surface area contributed by atoms with Gasteiger partial charge in [0, 0.05) is 5.56 Å². The van der Waals surface area contributed by atoms with E-state index in [1.165, 1.54) is 25.5 Å². The number of anilines is 1. The number of benzene rings is 3. The lowest BCUT2D eigenvalue weighted by molar-refractivity contribution is -0.119. The topological polar surface area (TPSA) is 107 Å². The van der Waals surface area contributed by atoms with Gasteiger partial charge in [-0.25, -0.2) is 13.8 Å². The molecule has 4 rings (SSSR count). The summed E-state index contributed by atoms with van der Waals surface area (Å²) in [6, 6.07) is 18.2. The summed E-state index contributed by atoms with van der Waals surface area (Å²) < 4.78 is 44.2. The number of nitrogens with one attached hydrogen (secondary N) is 1. The van der Waals surface area contributed by atoms with Crippen LogP contribution in [0.5, 0.6) is 17.2 Å². The first-order valence-electron chi connectivity index (χ1n) is 10.8. The van der Waals surface area contributed by atoms with E-state index >= 15 is 0 Å². The Hall–Kier alpha value is -4.05. The second-order valence-electron chi connectivity index (χ2n) is 7.69. The van der Waals surface area contributed by atoms with E-state index in [1.54, 1.807) is 54.6 Å². The second-order valence-corrected chi connectivity index (χ2v) is 9.55. The van der Waals surface area contributed by atoms with Crippen LogP contribution in [0.1, 0.15) is 11.1 Å². The van der Waals surface area contributed by atoms with Gasteiger partial charge in [0.05, 0.1) is 23.9 Å². The summed E-state index contributed by atoms with van der Waals surface area (Å²) in [5, 5.41) is 3.99. The average Bonchev–Trinajstić information content (AvgIpc) is 2.88. The minimum atomic E-state index is -4.03. The molecular weight excluding hydrogens is 470 g/mol. The zero-order valence-electron chi connectivity index (χ0n) is 19.3. The fourth-order valence-electron chi connectivity index (χ4n) is 3.44. The maximum atomic E-state index is 13.4. The molecule has 0 saturated heterocycles. The summed E-state index contributed by atoms with van der Waals surface area (Å²) in [5.74, 6) is 1.09. The van der Waals surface area contributed by atoms with Crippen LogP contribution in [0.4, 0.5) is 5.69 Å². The molecule has 0 spiro atoms. The van der Waals surface area contributed by atoms with Gasteiger partial charge in [0.1, 0.15) is 25.5 Å². The summed E-state index contributed by atoms with van der Waals surface area (Å²) in [5.41, 5.74) is 4.26. The molecule has 0 bridgehead atoms. The van der Waals surface area contributed by atoms with Crippen molar-refractivity contribution in [3.8, 4) is 17.2 Å². The standard InChI is InChI=1S/C25H25N3O6S/c1-18-6-12-22(13-7-18)35(30,31)28(20-8-10-21(32-2)11-9-20)17-24(29)27-26-16-19-4-3-5-23-25(19)34-15-14-33-23/h3-13,16H,14-15,17H2,1-2H3,(H,27,29)/b26-16+. The molecular formula is C25H25N3O6S. The first-order chi connectivity index (χ1) is 16.9. The highest BCUT2D eigenvalue weighted by atomic mass is 32.2. The number of para-hydroxylation sites is 1. The number of nitrogens with zero attached hydrogens (tertiary/aromatic N) is 2. The maximum absolute atomic E-state index is 13.4. The molecule has 1 heterocycles. The Balaban J connectivity index is 1.55. The van der Waals surface area contributed by atoms with Crippen LogP contribution in [-0.2, 0) is 14.8 Å². The van der Waals surface area contributed by atoms with E-state index in [9.17, 15) is 13.2 Å². The Morgan fingerprint density at radius 1 is 1.06 bits per heavy atom. The molecule has 9 nitrogen and oxygen atoms in total. The van der Waals surface area contributed by atoms with Crippen LogP contribution in [-0.4, -0.2) is 47.4 Å². The van der Waals surface area contributed by atoms with Gasteiger partial charge in [-0.2, -0.15) is 5.10 Å². The van der Waals surface area contributed by atoms with Crippen LogP contribution < -0.4 is 23.9 Å². The molecule has 0 atom stereocenters. The van der Waals surface area contributed by atoms with Crippen molar-refractivity contribution in [1.29, 1.82) is 0 Å². The number of sulfonamides is 1. The van der Waals surface area contributed by atoms with E-state index in [4.69, 9.17) is 14.2 Å². The van der Waals surface area contributed by atoms with Gasteiger partial charge in [-0.1, -0.05) is 23.8 Å². The van der Waals surface area contributed by atoms with Gasteiger partial charge in [-0.15, -0.1) is 0 Å². The van der Waals surface area contributed by atoms with Gasteiger partial charge in [0.25, 0.3) is 15.9 Å². The van der Waals surface area contributed by atoms with Crippen molar-refractivity contribution in [1.82, 2.24) is 5.43 Å². The zero-order valence-corrected chi connectivity index (χ0v) is 20.1. The number of ether oxygens (including phenoxy) is 3. The number of hydrogen-bond acceptors (Lipinski definition) is 7. The molecule has 1 amide bonds. The fraction of sp³-hybridized carbons (Fsp3) is 0.200. The van der Waals surface area contributed by atoms with Gasteiger partial charge in [-0.05, 0) is 55.5 Å². The first-order valence-corrected chi connectivity index (χ1v) is 12.3. The smallest absolute Gasteiger partial charge is 0.264 e. The predicted octanol–water partition coefficient (Wildman–Crippen LogP) is 3.12. The van der Waals surface area contributed by atoms with Crippen molar-refractivity contribution in [2.75, 3.05) is 31.2 Å². The van der Waals surface area contributed by atoms with Crippen LogP contribution in [0.3, 0.4) is 0 Å². The van der Waals surface area contributed by atoms with Gasteiger partial charge >= 0.3 is 0 Å². The first kappa shape index (κ1) is 24.1. The van der Waals surface area contributed by atoms with Crippen molar-refractivity contribution in [3.63, 3.8) is 0 Å². The van der Waals surface area contributed by atoms with Crippen LogP contribution in [0.15, 0.2) is 76.7 Å². The Bertz CT molecular complexity index is 1320. The molecule has 3 aromatic rings. The third-order valence-corrected chi connectivity index (χ3v) is 7.03. The molecule has 0 radical (unpaired) electrons. The molecule has 0 fully saturated rings. The van der Waals surface area contributed by atoms with E-state index in [1.807, 2.05) is 6.92 Å². The monoisotopic (exact) mass is 495 g/mol. The van der Waals surface area contributed by atoms with Crippen molar-refractivity contribution >= 4 is 27.8 Å². The fourth-order valence-corrected chi connectivity index (χ4v) is 4.86. The van der Waals surface area contributed by atoms with E-state index in [0.29, 0.717) is 41.7 Å². The summed E-state index contributed by atoms with van der Waals surface area (Å²) in [6.45, 7) is 2.26. The molecule has 0 aromatic heterocycles. The number of methoxy groups -OCH3 is 1. The maximum Gasteiger partial charge on any atom is 0.264 e. The number of fused-ring (bicyclic) bond motifs is 1. The average molecular weight is 496 g/mol. The van der Waals surface area contributed by atoms with E-state index in [0.717, 1.165) is 9.87 Å². The Morgan fingerprint density at radius 2 is 1.77 bits per heavy atom. The lowest BCUT2D eigenvalue weighted by Crippen LogP contribution is -2.39. The Kier molecular flexibility index (Phi) is 7.21. The minimum absolute atomic E-state index is 0.0725. The molecule has 0 unspecified atom stereocenters. The van der Waals surface area contributed by atoms with Crippen molar-refractivity contribution in [2.24, 2.45) is 5.10 Å². The van der Waals surface area contributed by atoms with Crippen molar-refractivity contribution in [2.45, 2.75) is 11.8 Å². The molecule has 3 aromatic carbocycles. The largest absolute Gasteiger partial charge is 0.497 e. The molecule has 1 aliphatic rings. The van der Waals surface area contributed by atoms with Gasteiger partial charge in [-0.3, -0.25) is 9.10 Å². The zero-order chi connectivity index (χ0) is 24.8. The molecule has 1 aliphatic heterocycles. The number of hydrogen-bond donors (Lipinski definition) is 1.